The van der Waals surface area contributed by atoms with Gasteiger partial charge in [0.05, 0.1) is 11.1 Å². The lowest BCUT2D eigenvalue weighted by Gasteiger charge is -2.01. The van der Waals surface area contributed by atoms with Crippen LogP contribution < -0.4 is 5.56 Å². The van der Waals surface area contributed by atoms with Crippen LogP contribution in [0, 0.1) is 6.92 Å². The summed E-state index contributed by atoms with van der Waals surface area (Å²) < 4.78 is 0. The first-order chi connectivity index (χ1) is 10.5. The molecule has 0 amide bonds. The lowest BCUT2D eigenvalue weighted by Crippen LogP contribution is -2.09. The van der Waals surface area contributed by atoms with Crippen LogP contribution in [0.25, 0.3) is 21.3 Å². The van der Waals surface area contributed by atoms with Crippen LogP contribution in [-0.2, 0) is 4.79 Å². The van der Waals surface area contributed by atoms with Crippen LogP contribution in [0.1, 0.15) is 5.56 Å². The summed E-state index contributed by atoms with van der Waals surface area (Å²) in [4.78, 5) is 30.5. The average molecular weight is 332 g/mol. The van der Waals surface area contributed by atoms with E-state index >= 15 is 0 Å². The van der Waals surface area contributed by atoms with Gasteiger partial charge in [-0.2, -0.15) is 0 Å². The van der Waals surface area contributed by atoms with E-state index in [4.69, 9.17) is 5.11 Å². The number of hydrogen-bond acceptors (Lipinski definition) is 5. The van der Waals surface area contributed by atoms with Gasteiger partial charge in [0.25, 0.3) is 5.56 Å². The number of nitrogens with one attached hydrogen (secondary N) is 1. The van der Waals surface area contributed by atoms with E-state index < -0.39 is 5.97 Å². The number of fused-ring (bicyclic) bond motifs is 1. The molecule has 0 saturated carbocycles. The van der Waals surface area contributed by atoms with E-state index in [1.165, 1.54) is 11.3 Å². The lowest BCUT2D eigenvalue weighted by molar-refractivity contribution is -0.133. The second-order valence-electron chi connectivity index (χ2n) is 4.75. The summed E-state index contributed by atoms with van der Waals surface area (Å²) in [5.41, 5.74) is 2.73. The summed E-state index contributed by atoms with van der Waals surface area (Å²) in [7, 11) is 0. The molecule has 0 spiro atoms. The second kappa shape index (κ2) is 5.94. The molecule has 0 fully saturated rings. The number of benzene rings is 1. The number of rotatable bonds is 4. The zero-order chi connectivity index (χ0) is 15.7. The molecular formula is C15H12N2O3S2. The fraction of sp³-hybridized carbons (Fsp3) is 0.133. The van der Waals surface area contributed by atoms with Gasteiger partial charge in [-0.3, -0.25) is 9.59 Å². The minimum absolute atomic E-state index is 0.134. The predicted molar refractivity (Wildman–Crippen MR) is 88.8 cm³/mol. The van der Waals surface area contributed by atoms with Gasteiger partial charge in [-0.1, -0.05) is 41.6 Å². The molecule has 1 aromatic carbocycles. The number of aryl methyl sites for hydroxylation is 1. The van der Waals surface area contributed by atoms with Gasteiger partial charge < -0.3 is 10.1 Å². The Morgan fingerprint density at radius 2 is 2.09 bits per heavy atom. The quantitative estimate of drug-likeness (QED) is 0.566. The van der Waals surface area contributed by atoms with E-state index in [2.05, 4.69) is 9.97 Å². The van der Waals surface area contributed by atoms with Gasteiger partial charge in [-0.25, -0.2) is 4.98 Å². The number of thiophene rings is 1. The summed E-state index contributed by atoms with van der Waals surface area (Å²) in [6.45, 7) is 2.01. The molecule has 0 saturated heterocycles. The van der Waals surface area contributed by atoms with Crippen molar-refractivity contribution in [2.24, 2.45) is 0 Å². The monoisotopic (exact) mass is 332 g/mol. The summed E-state index contributed by atoms with van der Waals surface area (Å²) in [5.74, 6) is -1.08. The second-order valence-corrected chi connectivity index (χ2v) is 6.57. The highest BCUT2D eigenvalue weighted by molar-refractivity contribution is 7.99. The van der Waals surface area contributed by atoms with Crippen molar-refractivity contribution in [1.82, 2.24) is 9.97 Å². The Morgan fingerprint density at radius 3 is 2.77 bits per heavy atom. The zero-order valence-electron chi connectivity index (χ0n) is 11.6. The largest absolute Gasteiger partial charge is 0.481 e. The molecule has 0 aliphatic heterocycles. The Morgan fingerprint density at radius 1 is 1.36 bits per heavy atom. The van der Waals surface area contributed by atoms with Crippen LogP contribution in [-0.4, -0.2) is 26.8 Å². The highest BCUT2D eigenvalue weighted by atomic mass is 32.2. The molecule has 0 unspecified atom stereocenters. The Kier molecular flexibility index (Phi) is 4.00. The molecule has 3 rings (SSSR count). The number of carboxylic acids is 1. The smallest absolute Gasteiger partial charge is 0.313 e. The summed E-state index contributed by atoms with van der Waals surface area (Å²) in [6.07, 6.45) is 0. The van der Waals surface area contributed by atoms with Gasteiger partial charge in [-0.15, -0.1) is 11.3 Å². The molecule has 2 N–H and O–H groups in total. The maximum Gasteiger partial charge on any atom is 0.313 e. The Labute approximate surface area is 134 Å². The van der Waals surface area contributed by atoms with Crippen molar-refractivity contribution >= 4 is 39.3 Å². The first kappa shape index (κ1) is 14.8. The minimum atomic E-state index is -0.945. The molecule has 0 aliphatic carbocycles. The van der Waals surface area contributed by atoms with Gasteiger partial charge in [0.1, 0.15) is 4.83 Å². The van der Waals surface area contributed by atoms with Gasteiger partial charge in [0.2, 0.25) is 0 Å². The molecule has 7 heteroatoms. The number of nitrogens with zero attached hydrogens (tertiary/aromatic N) is 1. The number of carboxylic acid groups (broad SMARTS) is 1. The third kappa shape index (κ3) is 2.90. The molecule has 0 bridgehead atoms. The van der Waals surface area contributed by atoms with Crippen molar-refractivity contribution in [2.75, 3.05) is 5.75 Å². The Balaban J connectivity index is 2.06. The number of carbonyl (C=O) groups is 1. The topological polar surface area (TPSA) is 83.0 Å². The minimum Gasteiger partial charge on any atom is -0.481 e. The highest BCUT2D eigenvalue weighted by Gasteiger charge is 2.13. The van der Waals surface area contributed by atoms with E-state index in [1.807, 2.05) is 36.6 Å². The van der Waals surface area contributed by atoms with Gasteiger partial charge in [0.15, 0.2) is 5.16 Å². The zero-order valence-corrected chi connectivity index (χ0v) is 13.3. The molecule has 112 valence electrons. The number of aromatic nitrogens is 2. The number of aromatic amines is 1. The van der Waals surface area contributed by atoms with E-state index in [-0.39, 0.29) is 11.3 Å². The normalized spacial score (nSPS) is 11.0. The standard InChI is InChI=1S/C15H12N2O3S2/c1-8-2-4-9(5-3-8)10-6-21-14-12(10)13(20)16-15(17-14)22-7-11(18)19/h2-6H,7H2,1H3,(H,18,19)(H,16,17,20). The van der Waals surface area contributed by atoms with E-state index in [9.17, 15) is 9.59 Å². The van der Waals surface area contributed by atoms with Gasteiger partial charge in [0, 0.05) is 10.9 Å². The van der Waals surface area contributed by atoms with E-state index in [0.717, 1.165) is 28.5 Å². The van der Waals surface area contributed by atoms with Crippen molar-refractivity contribution in [2.45, 2.75) is 12.1 Å². The van der Waals surface area contributed by atoms with E-state index in [0.29, 0.717) is 15.4 Å². The van der Waals surface area contributed by atoms with Crippen molar-refractivity contribution in [1.29, 1.82) is 0 Å². The first-order valence-corrected chi connectivity index (χ1v) is 8.34. The molecule has 2 heterocycles. The number of hydrogen-bond donors (Lipinski definition) is 2. The maximum absolute atomic E-state index is 12.3. The highest BCUT2D eigenvalue weighted by Crippen LogP contribution is 2.31. The Bertz CT molecular complexity index is 897. The van der Waals surface area contributed by atoms with E-state index in [1.54, 1.807) is 0 Å². The fourth-order valence-electron chi connectivity index (χ4n) is 2.07. The molecular weight excluding hydrogens is 320 g/mol. The SMILES string of the molecule is Cc1ccc(-c2csc3nc(SCC(=O)O)[nH]c(=O)c23)cc1. The van der Waals surface area contributed by atoms with Crippen LogP contribution in [0.5, 0.6) is 0 Å². The van der Waals surface area contributed by atoms with Crippen molar-refractivity contribution in [3.8, 4) is 11.1 Å². The predicted octanol–water partition coefficient (Wildman–Crippen LogP) is 3.14. The van der Waals surface area contributed by atoms with Crippen molar-refractivity contribution in [3.05, 3.63) is 45.6 Å². The molecule has 22 heavy (non-hydrogen) atoms. The van der Waals surface area contributed by atoms with Crippen LogP contribution in [0.15, 0.2) is 39.6 Å². The van der Waals surface area contributed by atoms with Gasteiger partial charge in [-0.05, 0) is 12.5 Å². The molecule has 5 nitrogen and oxygen atoms in total. The third-order valence-electron chi connectivity index (χ3n) is 3.12. The van der Waals surface area contributed by atoms with Gasteiger partial charge >= 0.3 is 5.97 Å². The maximum atomic E-state index is 12.3. The number of H-pyrrole nitrogens is 1. The van der Waals surface area contributed by atoms with Crippen molar-refractivity contribution < 1.29 is 9.90 Å². The first-order valence-electron chi connectivity index (χ1n) is 6.48. The molecule has 0 aliphatic rings. The summed E-state index contributed by atoms with van der Waals surface area (Å²) >= 11 is 2.39. The van der Waals surface area contributed by atoms with Crippen LogP contribution in [0.4, 0.5) is 0 Å². The van der Waals surface area contributed by atoms with Crippen LogP contribution in [0.2, 0.25) is 0 Å². The van der Waals surface area contributed by atoms with Crippen LogP contribution >= 0.6 is 23.1 Å². The molecule has 0 radical (unpaired) electrons. The molecule has 0 atom stereocenters. The van der Waals surface area contributed by atoms with Crippen molar-refractivity contribution in [3.63, 3.8) is 0 Å². The Hall–Kier alpha value is -2.12. The number of aliphatic carboxylic acids is 1. The van der Waals surface area contributed by atoms with Crippen LogP contribution in [0.3, 0.4) is 0 Å². The summed E-state index contributed by atoms with van der Waals surface area (Å²) in [6, 6.07) is 7.95. The number of thioether (sulfide) groups is 1. The third-order valence-corrected chi connectivity index (χ3v) is 4.85. The molecule has 2 aromatic heterocycles. The summed E-state index contributed by atoms with van der Waals surface area (Å²) in [5, 5.41) is 11.5. The fourth-order valence-corrected chi connectivity index (χ4v) is 3.66. The lowest BCUT2D eigenvalue weighted by atomic mass is 10.1. The molecule has 3 aromatic rings. The average Bonchev–Trinajstić information content (AvgIpc) is 2.90.